The van der Waals surface area contributed by atoms with E-state index in [1.54, 1.807) is 0 Å². The molecule has 0 unspecified atom stereocenters. The molecule has 14 heavy (non-hydrogen) atoms. The quantitative estimate of drug-likeness (QED) is 0.636. The molecule has 0 amide bonds. The average molecular weight is 257 g/mol. The maximum absolute atomic E-state index is 3.68. The van der Waals surface area contributed by atoms with Crippen LogP contribution in [0.1, 0.15) is 33.3 Å². The first-order chi connectivity index (χ1) is 6.84. The van der Waals surface area contributed by atoms with E-state index in [9.17, 15) is 0 Å². The van der Waals surface area contributed by atoms with E-state index >= 15 is 0 Å². The van der Waals surface area contributed by atoms with Crippen molar-refractivity contribution >= 4 is 15.9 Å². The summed E-state index contributed by atoms with van der Waals surface area (Å²) >= 11 is 3.45. The maximum Gasteiger partial charge on any atom is 0.0210 e. The minimum Gasteiger partial charge on any atom is -0.103 e. The van der Waals surface area contributed by atoms with Crippen LogP contribution in [0.15, 0.2) is 41.4 Å². The molecule has 0 saturated carbocycles. The Bertz CT molecular complexity index is 228. The molecule has 0 radical (unpaired) electrons. The second kappa shape index (κ2) is 12.4. The van der Waals surface area contributed by atoms with Gasteiger partial charge in [-0.3, -0.25) is 0 Å². The largest absolute Gasteiger partial charge is 0.103 e. The van der Waals surface area contributed by atoms with Crippen molar-refractivity contribution in [3.05, 3.63) is 47.0 Å². The SMILES string of the molecule is C=CCc1ccccc1Br.CC.CC. The Balaban J connectivity index is 0. The van der Waals surface area contributed by atoms with Crippen LogP contribution in [0.25, 0.3) is 0 Å². The predicted octanol–water partition coefficient (Wildman–Crippen LogP) is 5.23. The third-order valence-corrected chi connectivity index (χ3v) is 2.10. The third kappa shape index (κ3) is 6.90. The molecular weight excluding hydrogens is 236 g/mol. The summed E-state index contributed by atoms with van der Waals surface area (Å²) in [5.41, 5.74) is 1.29. The van der Waals surface area contributed by atoms with Crippen LogP contribution in [0.4, 0.5) is 0 Å². The molecule has 80 valence electrons. The fraction of sp³-hybridized carbons (Fsp3) is 0.385. The zero-order valence-electron chi connectivity index (χ0n) is 9.68. The minimum atomic E-state index is 0.932. The van der Waals surface area contributed by atoms with Crippen molar-refractivity contribution in [3.63, 3.8) is 0 Å². The van der Waals surface area contributed by atoms with Gasteiger partial charge in [0.1, 0.15) is 0 Å². The van der Waals surface area contributed by atoms with Gasteiger partial charge in [-0.2, -0.15) is 0 Å². The Morgan fingerprint density at radius 3 is 2.07 bits per heavy atom. The van der Waals surface area contributed by atoms with E-state index in [0.29, 0.717) is 0 Å². The average Bonchev–Trinajstić information content (AvgIpc) is 2.28. The molecule has 1 aromatic carbocycles. The molecular formula is C13H21Br. The van der Waals surface area contributed by atoms with Crippen molar-refractivity contribution in [2.75, 3.05) is 0 Å². The normalized spacial score (nSPS) is 7.50. The Morgan fingerprint density at radius 1 is 1.14 bits per heavy atom. The molecule has 0 atom stereocenters. The number of allylic oxidation sites excluding steroid dienone is 1. The Hall–Kier alpha value is -0.560. The molecule has 1 heteroatoms. The molecule has 0 spiro atoms. The van der Waals surface area contributed by atoms with E-state index in [2.05, 4.69) is 28.6 Å². The van der Waals surface area contributed by atoms with E-state index in [4.69, 9.17) is 0 Å². The Kier molecular flexibility index (Phi) is 14.1. The highest BCUT2D eigenvalue weighted by atomic mass is 79.9. The van der Waals surface area contributed by atoms with Gasteiger partial charge in [-0.05, 0) is 18.1 Å². The summed E-state index contributed by atoms with van der Waals surface area (Å²) in [7, 11) is 0. The predicted molar refractivity (Wildman–Crippen MR) is 70.7 cm³/mol. The summed E-state index contributed by atoms with van der Waals surface area (Å²) in [6, 6.07) is 8.17. The van der Waals surface area contributed by atoms with Crippen LogP contribution in [0, 0.1) is 0 Å². The van der Waals surface area contributed by atoms with Crippen LogP contribution in [0.2, 0.25) is 0 Å². The van der Waals surface area contributed by atoms with Crippen molar-refractivity contribution in [1.82, 2.24) is 0 Å². The lowest BCUT2D eigenvalue weighted by Crippen LogP contribution is -1.80. The van der Waals surface area contributed by atoms with Crippen LogP contribution in [0.5, 0.6) is 0 Å². The van der Waals surface area contributed by atoms with Crippen molar-refractivity contribution in [2.45, 2.75) is 34.1 Å². The summed E-state index contributed by atoms with van der Waals surface area (Å²) in [5.74, 6) is 0. The van der Waals surface area contributed by atoms with Gasteiger partial charge in [-0.1, -0.05) is 67.9 Å². The van der Waals surface area contributed by atoms with Crippen molar-refractivity contribution < 1.29 is 0 Å². The summed E-state index contributed by atoms with van der Waals surface area (Å²) in [6.45, 7) is 11.7. The number of benzene rings is 1. The zero-order valence-corrected chi connectivity index (χ0v) is 11.3. The highest BCUT2D eigenvalue weighted by Crippen LogP contribution is 2.15. The monoisotopic (exact) mass is 256 g/mol. The first-order valence-corrected chi connectivity index (χ1v) is 5.98. The highest BCUT2D eigenvalue weighted by Gasteiger charge is 1.92. The maximum atomic E-state index is 3.68. The topological polar surface area (TPSA) is 0 Å². The van der Waals surface area contributed by atoms with Gasteiger partial charge in [0.15, 0.2) is 0 Å². The number of rotatable bonds is 2. The van der Waals surface area contributed by atoms with Crippen LogP contribution >= 0.6 is 15.9 Å². The molecule has 0 nitrogen and oxygen atoms in total. The van der Waals surface area contributed by atoms with E-state index in [1.807, 2.05) is 52.0 Å². The Labute approximate surface area is 97.2 Å². The van der Waals surface area contributed by atoms with E-state index in [0.717, 1.165) is 10.9 Å². The van der Waals surface area contributed by atoms with Crippen molar-refractivity contribution in [2.24, 2.45) is 0 Å². The van der Waals surface area contributed by atoms with Gasteiger partial charge in [-0.15, -0.1) is 6.58 Å². The van der Waals surface area contributed by atoms with Crippen LogP contribution in [-0.4, -0.2) is 0 Å². The molecule has 0 saturated heterocycles. The first-order valence-electron chi connectivity index (χ1n) is 5.19. The fourth-order valence-electron chi connectivity index (χ4n) is 0.819. The second-order valence-electron chi connectivity index (χ2n) is 2.08. The molecule has 0 aromatic heterocycles. The van der Waals surface area contributed by atoms with Gasteiger partial charge in [0.05, 0.1) is 0 Å². The third-order valence-electron chi connectivity index (χ3n) is 1.32. The fourth-order valence-corrected chi connectivity index (χ4v) is 1.27. The lowest BCUT2D eigenvalue weighted by molar-refractivity contribution is 1.26. The zero-order chi connectivity index (χ0) is 11.4. The van der Waals surface area contributed by atoms with Gasteiger partial charge in [0.2, 0.25) is 0 Å². The van der Waals surface area contributed by atoms with Crippen LogP contribution in [0.3, 0.4) is 0 Å². The highest BCUT2D eigenvalue weighted by molar-refractivity contribution is 9.10. The standard InChI is InChI=1S/C9H9Br.2C2H6/c1-2-5-8-6-3-4-7-9(8)10;2*1-2/h2-4,6-7H,1,5H2;2*1-2H3. The summed E-state index contributed by atoms with van der Waals surface area (Å²) in [4.78, 5) is 0. The van der Waals surface area contributed by atoms with Crippen LogP contribution in [-0.2, 0) is 6.42 Å². The summed E-state index contributed by atoms with van der Waals surface area (Å²) < 4.78 is 1.16. The number of halogens is 1. The molecule has 0 aliphatic carbocycles. The van der Waals surface area contributed by atoms with Gasteiger partial charge < -0.3 is 0 Å². The van der Waals surface area contributed by atoms with Crippen LogP contribution < -0.4 is 0 Å². The Morgan fingerprint density at radius 2 is 1.64 bits per heavy atom. The van der Waals surface area contributed by atoms with Gasteiger partial charge in [-0.25, -0.2) is 0 Å². The van der Waals surface area contributed by atoms with E-state index in [1.165, 1.54) is 5.56 Å². The number of hydrogen-bond donors (Lipinski definition) is 0. The number of hydrogen-bond acceptors (Lipinski definition) is 0. The first kappa shape index (κ1) is 15.9. The van der Waals surface area contributed by atoms with Gasteiger partial charge >= 0.3 is 0 Å². The van der Waals surface area contributed by atoms with Crippen molar-refractivity contribution in [3.8, 4) is 0 Å². The lowest BCUT2D eigenvalue weighted by atomic mass is 10.2. The van der Waals surface area contributed by atoms with Gasteiger partial charge in [0, 0.05) is 4.47 Å². The van der Waals surface area contributed by atoms with Crippen molar-refractivity contribution in [1.29, 1.82) is 0 Å². The molecule has 1 rings (SSSR count). The van der Waals surface area contributed by atoms with E-state index < -0.39 is 0 Å². The summed E-state index contributed by atoms with van der Waals surface area (Å²) in [5, 5.41) is 0. The lowest BCUT2D eigenvalue weighted by Gasteiger charge is -1.97. The van der Waals surface area contributed by atoms with E-state index in [-0.39, 0.29) is 0 Å². The molecule has 0 aliphatic rings. The smallest absolute Gasteiger partial charge is 0.0210 e. The molecule has 0 bridgehead atoms. The summed E-state index contributed by atoms with van der Waals surface area (Å²) in [6.07, 6.45) is 2.83. The molecule has 1 aromatic rings. The van der Waals surface area contributed by atoms with Gasteiger partial charge in [0.25, 0.3) is 0 Å². The molecule has 0 aliphatic heterocycles. The molecule has 0 fully saturated rings. The molecule has 0 N–H and O–H groups in total. The minimum absolute atomic E-state index is 0.932. The second-order valence-corrected chi connectivity index (χ2v) is 2.94. The molecule has 0 heterocycles.